The van der Waals surface area contributed by atoms with E-state index in [1.54, 1.807) is 0 Å². The molecule has 0 aliphatic carbocycles. The van der Waals surface area contributed by atoms with E-state index in [-0.39, 0.29) is 0 Å². The summed E-state index contributed by atoms with van der Waals surface area (Å²) in [5.74, 6) is 0. The quantitative estimate of drug-likeness (QED) is 0.871. The Kier molecular flexibility index (Phi) is 3.75. The van der Waals surface area contributed by atoms with Crippen molar-refractivity contribution in [1.29, 1.82) is 5.26 Å². The summed E-state index contributed by atoms with van der Waals surface area (Å²) in [5.41, 5.74) is 5.32. The highest BCUT2D eigenvalue weighted by Crippen LogP contribution is 2.21. The minimum Gasteiger partial charge on any atom is -0.291 e. The molecule has 116 valence electrons. The van der Waals surface area contributed by atoms with E-state index in [1.165, 1.54) is 11.3 Å². The molecule has 0 saturated heterocycles. The zero-order valence-corrected chi connectivity index (χ0v) is 13.7. The Hall–Kier alpha value is -2.13. The van der Waals surface area contributed by atoms with Crippen molar-refractivity contribution in [3.8, 4) is 6.07 Å². The highest BCUT2D eigenvalue weighted by molar-refractivity contribution is 5.26. The fourth-order valence-corrected chi connectivity index (χ4v) is 3.16. The lowest BCUT2D eigenvalue weighted by Crippen LogP contribution is -2.33. The first-order chi connectivity index (χ1) is 10.5. The molecule has 3 rings (SSSR count). The highest BCUT2D eigenvalue weighted by Gasteiger charge is 2.21. The van der Waals surface area contributed by atoms with Gasteiger partial charge in [-0.05, 0) is 33.8 Å². The van der Waals surface area contributed by atoms with Gasteiger partial charge in [0.05, 0.1) is 17.9 Å². The third-order valence-electron chi connectivity index (χ3n) is 4.34. The predicted molar refractivity (Wildman–Crippen MR) is 83.1 cm³/mol. The van der Waals surface area contributed by atoms with Gasteiger partial charge in [-0.15, -0.1) is 0 Å². The van der Waals surface area contributed by atoms with Crippen molar-refractivity contribution in [3.63, 3.8) is 0 Å². The Morgan fingerprint density at radius 3 is 2.68 bits per heavy atom. The smallest absolute Gasteiger partial charge is 0.162 e. The van der Waals surface area contributed by atoms with Gasteiger partial charge < -0.3 is 0 Å². The molecule has 0 atom stereocenters. The normalized spacial score (nSPS) is 15.1. The molecule has 0 N–H and O–H groups in total. The molecule has 3 heterocycles. The average molecular weight is 298 g/mol. The number of aryl methyl sites for hydroxylation is 1. The van der Waals surface area contributed by atoms with Gasteiger partial charge in [0.2, 0.25) is 0 Å². The van der Waals surface area contributed by atoms with Crippen LogP contribution in [0.2, 0.25) is 0 Å². The summed E-state index contributed by atoms with van der Waals surface area (Å²) in [6.07, 6.45) is 0. The first-order valence-electron chi connectivity index (χ1n) is 7.73. The molecule has 0 amide bonds. The van der Waals surface area contributed by atoms with Crippen LogP contribution >= 0.6 is 0 Å². The molecule has 0 spiro atoms. The van der Waals surface area contributed by atoms with Crippen molar-refractivity contribution < 1.29 is 0 Å². The van der Waals surface area contributed by atoms with Crippen molar-refractivity contribution in [2.45, 2.75) is 53.4 Å². The van der Waals surface area contributed by atoms with Gasteiger partial charge in [-0.2, -0.15) is 15.5 Å². The summed E-state index contributed by atoms with van der Waals surface area (Å²) in [6.45, 7) is 12.1. The van der Waals surface area contributed by atoms with Gasteiger partial charge in [-0.25, -0.2) is 0 Å². The Balaban J connectivity index is 1.79. The van der Waals surface area contributed by atoms with Gasteiger partial charge in [-0.3, -0.25) is 14.3 Å². The van der Waals surface area contributed by atoms with E-state index in [2.05, 4.69) is 53.5 Å². The van der Waals surface area contributed by atoms with E-state index in [9.17, 15) is 0 Å². The maximum atomic E-state index is 8.96. The number of aromatic nitrogens is 4. The topological polar surface area (TPSA) is 62.7 Å². The maximum absolute atomic E-state index is 8.96. The minimum atomic E-state index is 0.383. The molecule has 0 aromatic carbocycles. The van der Waals surface area contributed by atoms with Gasteiger partial charge in [0.15, 0.2) is 5.69 Å². The molecule has 0 fully saturated rings. The second-order valence-corrected chi connectivity index (χ2v) is 6.25. The monoisotopic (exact) mass is 298 g/mol. The van der Waals surface area contributed by atoms with E-state index in [0.717, 1.165) is 37.6 Å². The zero-order chi connectivity index (χ0) is 15.9. The van der Waals surface area contributed by atoms with E-state index in [0.29, 0.717) is 11.7 Å². The second kappa shape index (κ2) is 5.58. The van der Waals surface area contributed by atoms with Crippen LogP contribution in [0, 0.1) is 25.2 Å². The summed E-state index contributed by atoms with van der Waals surface area (Å²) in [4.78, 5) is 2.40. The van der Waals surface area contributed by atoms with Crippen molar-refractivity contribution in [1.82, 2.24) is 24.5 Å². The standard InChI is InChI=1S/C16H22N6/c1-11(2)22-13(4)16(12(3)18-22)10-20-5-6-21-15(9-20)7-14(8-17)19-21/h7,11H,5-6,9-10H2,1-4H3. The number of rotatable bonds is 3. The molecule has 0 saturated carbocycles. The van der Waals surface area contributed by atoms with E-state index in [1.807, 2.05) is 10.7 Å². The molecular formula is C16H22N6. The Bertz CT molecular complexity index is 731. The van der Waals surface area contributed by atoms with Gasteiger partial charge in [0.1, 0.15) is 6.07 Å². The summed E-state index contributed by atoms with van der Waals surface area (Å²) < 4.78 is 4.05. The van der Waals surface area contributed by atoms with Crippen LogP contribution in [0.5, 0.6) is 0 Å². The molecule has 2 aromatic heterocycles. The van der Waals surface area contributed by atoms with Crippen LogP contribution in [0.25, 0.3) is 0 Å². The fourth-order valence-electron chi connectivity index (χ4n) is 3.16. The molecule has 22 heavy (non-hydrogen) atoms. The lowest BCUT2D eigenvalue weighted by atomic mass is 10.1. The highest BCUT2D eigenvalue weighted by atomic mass is 15.3. The van der Waals surface area contributed by atoms with Crippen LogP contribution in [0.1, 0.15) is 48.2 Å². The van der Waals surface area contributed by atoms with Crippen LogP contribution in [-0.4, -0.2) is 31.0 Å². The first kappa shape index (κ1) is 14.8. The van der Waals surface area contributed by atoms with Crippen molar-refractivity contribution in [2.24, 2.45) is 0 Å². The number of hydrogen-bond donors (Lipinski definition) is 0. The van der Waals surface area contributed by atoms with Crippen molar-refractivity contribution in [3.05, 3.63) is 34.4 Å². The SMILES string of the molecule is Cc1nn(C(C)C)c(C)c1CN1CCn2nc(C#N)cc2C1. The summed E-state index contributed by atoms with van der Waals surface area (Å²) in [6, 6.07) is 4.39. The third kappa shape index (κ3) is 2.53. The zero-order valence-electron chi connectivity index (χ0n) is 13.7. The van der Waals surface area contributed by atoms with Crippen molar-refractivity contribution in [2.75, 3.05) is 6.54 Å². The van der Waals surface area contributed by atoms with E-state index in [4.69, 9.17) is 5.26 Å². The lowest BCUT2D eigenvalue weighted by molar-refractivity contribution is 0.204. The first-order valence-corrected chi connectivity index (χ1v) is 7.73. The molecule has 6 heteroatoms. The predicted octanol–water partition coefficient (Wildman–Crippen LogP) is 2.16. The number of nitriles is 1. The Labute approximate surface area is 130 Å². The van der Waals surface area contributed by atoms with Gasteiger partial charge >= 0.3 is 0 Å². The molecule has 0 bridgehead atoms. The molecular weight excluding hydrogens is 276 g/mol. The minimum absolute atomic E-state index is 0.383. The lowest BCUT2D eigenvalue weighted by Gasteiger charge is -2.27. The van der Waals surface area contributed by atoms with Gasteiger partial charge in [-0.1, -0.05) is 0 Å². The van der Waals surface area contributed by atoms with Crippen LogP contribution < -0.4 is 0 Å². The maximum Gasteiger partial charge on any atom is 0.162 e. The van der Waals surface area contributed by atoms with E-state index >= 15 is 0 Å². The number of hydrogen-bond acceptors (Lipinski definition) is 4. The van der Waals surface area contributed by atoms with Crippen LogP contribution in [0.4, 0.5) is 0 Å². The summed E-state index contributed by atoms with van der Waals surface area (Å²) in [7, 11) is 0. The summed E-state index contributed by atoms with van der Waals surface area (Å²) >= 11 is 0. The molecule has 6 nitrogen and oxygen atoms in total. The molecule has 2 aromatic rings. The Morgan fingerprint density at radius 1 is 1.27 bits per heavy atom. The molecule has 0 radical (unpaired) electrons. The average Bonchev–Trinajstić information content (AvgIpc) is 3.02. The fraction of sp³-hybridized carbons (Fsp3) is 0.562. The van der Waals surface area contributed by atoms with Gasteiger partial charge in [0, 0.05) is 36.9 Å². The van der Waals surface area contributed by atoms with Crippen LogP contribution in [0.15, 0.2) is 6.07 Å². The molecule has 1 aliphatic heterocycles. The second-order valence-electron chi connectivity index (χ2n) is 6.25. The number of nitrogens with zero attached hydrogens (tertiary/aromatic N) is 6. The van der Waals surface area contributed by atoms with Crippen LogP contribution in [-0.2, 0) is 19.6 Å². The summed E-state index contributed by atoms with van der Waals surface area (Å²) in [5, 5.41) is 17.9. The third-order valence-corrected chi connectivity index (χ3v) is 4.34. The van der Waals surface area contributed by atoms with Gasteiger partial charge in [0.25, 0.3) is 0 Å². The van der Waals surface area contributed by atoms with E-state index < -0.39 is 0 Å². The largest absolute Gasteiger partial charge is 0.291 e. The van der Waals surface area contributed by atoms with Crippen LogP contribution in [0.3, 0.4) is 0 Å². The molecule has 1 aliphatic rings. The Morgan fingerprint density at radius 2 is 2.05 bits per heavy atom. The molecule has 0 unspecified atom stereocenters. The number of fused-ring (bicyclic) bond motifs is 1. The van der Waals surface area contributed by atoms with Crippen molar-refractivity contribution >= 4 is 0 Å².